The van der Waals surface area contributed by atoms with Gasteiger partial charge in [0.15, 0.2) is 0 Å². The van der Waals surface area contributed by atoms with E-state index >= 15 is 0 Å². The van der Waals surface area contributed by atoms with Crippen LogP contribution in [0.2, 0.25) is 0 Å². The quantitative estimate of drug-likeness (QED) is 0.735. The molecular formula is C11H18O4. The minimum atomic E-state index is -0.987. The molecule has 0 bridgehead atoms. The smallest absolute Gasteiger partial charge is 0.307 e. The third-order valence-electron chi connectivity index (χ3n) is 3.97. The van der Waals surface area contributed by atoms with Gasteiger partial charge in [0.25, 0.3) is 0 Å². The van der Waals surface area contributed by atoms with Crippen LogP contribution in [0.3, 0.4) is 0 Å². The van der Waals surface area contributed by atoms with Gasteiger partial charge in [-0.25, -0.2) is 0 Å². The minimum absolute atomic E-state index is 0.245. The molecule has 1 saturated carbocycles. The van der Waals surface area contributed by atoms with Gasteiger partial charge in [0.05, 0.1) is 11.8 Å². The van der Waals surface area contributed by atoms with Crippen molar-refractivity contribution in [3.63, 3.8) is 0 Å². The van der Waals surface area contributed by atoms with Crippen LogP contribution in [-0.4, -0.2) is 22.2 Å². The van der Waals surface area contributed by atoms with Gasteiger partial charge in [0, 0.05) is 0 Å². The number of aliphatic carboxylic acids is 2. The number of rotatable bonds is 2. The average Bonchev–Trinajstić information content (AvgIpc) is 2.07. The minimum Gasteiger partial charge on any atom is -0.481 e. The Labute approximate surface area is 89.3 Å². The summed E-state index contributed by atoms with van der Waals surface area (Å²) in [6.45, 7) is 5.70. The summed E-state index contributed by atoms with van der Waals surface area (Å²) >= 11 is 0. The molecule has 1 fully saturated rings. The largest absolute Gasteiger partial charge is 0.481 e. The van der Waals surface area contributed by atoms with Crippen molar-refractivity contribution in [2.75, 3.05) is 0 Å². The third-order valence-corrected chi connectivity index (χ3v) is 3.97. The van der Waals surface area contributed by atoms with E-state index in [-0.39, 0.29) is 5.92 Å². The third kappa shape index (κ3) is 1.98. The van der Waals surface area contributed by atoms with Crippen LogP contribution in [0.15, 0.2) is 0 Å². The first-order chi connectivity index (χ1) is 6.78. The predicted molar refractivity (Wildman–Crippen MR) is 54.4 cm³/mol. The molecule has 1 aliphatic carbocycles. The Bertz CT molecular complexity index is 282. The fourth-order valence-corrected chi connectivity index (χ4v) is 2.55. The number of carbonyl (C=O) groups is 2. The van der Waals surface area contributed by atoms with E-state index in [0.29, 0.717) is 6.42 Å². The lowest BCUT2D eigenvalue weighted by molar-refractivity contribution is -0.164. The highest BCUT2D eigenvalue weighted by Gasteiger charge is 2.50. The molecule has 2 N–H and O–H groups in total. The molecule has 0 radical (unpaired) electrons. The maximum Gasteiger partial charge on any atom is 0.307 e. The summed E-state index contributed by atoms with van der Waals surface area (Å²) in [4.78, 5) is 22.2. The van der Waals surface area contributed by atoms with Crippen molar-refractivity contribution in [2.45, 2.75) is 33.6 Å². The van der Waals surface area contributed by atoms with E-state index in [1.807, 2.05) is 20.8 Å². The van der Waals surface area contributed by atoms with E-state index in [4.69, 9.17) is 10.2 Å². The molecule has 0 unspecified atom stereocenters. The first-order valence-corrected chi connectivity index (χ1v) is 5.24. The molecule has 4 heteroatoms. The summed E-state index contributed by atoms with van der Waals surface area (Å²) in [5, 5.41) is 18.2. The Hall–Kier alpha value is -1.06. The van der Waals surface area contributed by atoms with Crippen LogP contribution in [0.4, 0.5) is 0 Å². The Balaban J connectivity index is 3.05. The van der Waals surface area contributed by atoms with E-state index in [1.54, 1.807) is 0 Å². The lowest BCUT2D eigenvalue weighted by Gasteiger charge is -2.44. The zero-order valence-electron chi connectivity index (χ0n) is 9.36. The van der Waals surface area contributed by atoms with Crippen LogP contribution in [0.1, 0.15) is 33.6 Å². The van der Waals surface area contributed by atoms with Gasteiger partial charge in [-0.3, -0.25) is 9.59 Å². The first kappa shape index (κ1) is 12.0. The summed E-state index contributed by atoms with van der Waals surface area (Å²) in [7, 11) is 0. The number of hydrogen-bond donors (Lipinski definition) is 2. The fraction of sp³-hybridized carbons (Fsp3) is 0.818. The Kier molecular flexibility index (Phi) is 3.07. The molecule has 0 spiro atoms. The Morgan fingerprint density at radius 3 is 2.07 bits per heavy atom. The van der Waals surface area contributed by atoms with Gasteiger partial charge in [-0.1, -0.05) is 20.8 Å². The first-order valence-electron chi connectivity index (χ1n) is 5.24. The fourth-order valence-electron chi connectivity index (χ4n) is 2.55. The molecule has 0 saturated heterocycles. The lowest BCUT2D eigenvalue weighted by Crippen LogP contribution is -2.47. The summed E-state index contributed by atoms with van der Waals surface area (Å²) < 4.78 is 0. The van der Waals surface area contributed by atoms with Crippen molar-refractivity contribution >= 4 is 11.9 Å². The van der Waals surface area contributed by atoms with Crippen LogP contribution < -0.4 is 0 Å². The molecule has 86 valence electrons. The van der Waals surface area contributed by atoms with E-state index in [1.165, 1.54) is 0 Å². The average molecular weight is 214 g/mol. The Morgan fingerprint density at radius 1 is 1.13 bits per heavy atom. The topological polar surface area (TPSA) is 74.6 Å². The zero-order chi connectivity index (χ0) is 11.8. The SMILES string of the molecule is C[C@@H]1CC[C@@H](C(=O)O)[C@H](C(=O)O)C1(C)C. The van der Waals surface area contributed by atoms with E-state index in [0.717, 1.165) is 6.42 Å². The molecule has 0 aromatic rings. The molecule has 0 amide bonds. The van der Waals surface area contributed by atoms with Crippen LogP contribution in [0, 0.1) is 23.2 Å². The van der Waals surface area contributed by atoms with Gasteiger partial charge in [-0.2, -0.15) is 0 Å². The highest BCUT2D eigenvalue weighted by atomic mass is 16.4. The summed E-state index contributed by atoms with van der Waals surface area (Å²) in [6.07, 6.45) is 1.25. The number of carboxylic acids is 2. The van der Waals surface area contributed by atoms with Gasteiger partial charge >= 0.3 is 11.9 Å². The van der Waals surface area contributed by atoms with Crippen molar-refractivity contribution in [3.05, 3.63) is 0 Å². The second kappa shape index (κ2) is 3.83. The maximum absolute atomic E-state index is 11.2. The molecule has 4 nitrogen and oxygen atoms in total. The molecular weight excluding hydrogens is 196 g/mol. The van der Waals surface area contributed by atoms with E-state index in [2.05, 4.69) is 0 Å². The molecule has 1 aliphatic rings. The highest BCUT2D eigenvalue weighted by Crippen LogP contribution is 2.47. The van der Waals surface area contributed by atoms with Crippen molar-refractivity contribution in [1.82, 2.24) is 0 Å². The van der Waals surface area contributed by atoms with Crippen LogP contribution in [0.25, 0.3) is 0 Å². The number of carboxylic acid groups (broad SMARTS) is 2. The zero-order valence-corrected chi connectivity index (χ0v) is 9.36. The molecule has 1 rings (SSSR count). The van der Waals surface area contributed by atoms with Gasteiger partial charge in [-0.05, 0) is 24.2 Å². The second-order valence-electron chi connectivity index (χ2n) is 5.06. The van der Waals surface area contributed by atoms with Crippen LogP contribution in [-0.2, 0) is 9.59 Å². The van der Waals surface area contributed by atoms with Crippen LogP contribution in [0.5, 0.6) is 0 Å². The van der Waals surface area contributed by atoms with Crippen molar-refractivity contribution in [3.8, 4) is 0 Å². The van der Waals surface area contributed by atoms with Crippen LogP contribution >= 0.6 is 0 Å². The molecule has 0 aromatic heterocycles. The summed E-state index contributed by atoms with van der Waals surface area (Å²) in [5.41, 5.74) is -0.451. The van der Waals surface area contributed by atoms with Crippen molar-refractivity contribution in [1.29, 1.82) is 0 Å². The summed E-state index contributed by atoms with van der Waals surface area (Å²) in [5.74, 6) is -3.25. The lowest BCUT2D eigenvalue weighted by atomic mass is 9.59. The van der Waals surface area contributed by atoms with Gasteiger partial charge < -0.3 is 10.2 Å². The van der Waals surface area contributed by atoms with Gasteiger partial charge in [-0.15, -0.1) is 0 Å². The number of hydrogen-bond acceptors (Lipinski definition) is 2. The van der Waals surface area contributed by atoms with E-state index in [9.17, 15) is 9.59 Å². The molecule has 0 heterocycles. The van der Waals surface area contributed by atoms with Gasteiger partial charge in [0.2, 0.25) is 0 Å². The molecule has 3 atom stereocenters. The Morgan fingerprint density at radius 2 is 1.67 bits per heavy atom. The highest BCUT2D eigenvalue weighted by molar-refractivity contribution is 5.81. The predicted octanol–water partition coefficient (Wildman–Crippen LogP) is 1.84. The second-order valence-corrected chi connectivity index (χ2v) is 5.06. The van der Waals surface area contributed by atoms with Gasteiger partial charge in [0.1, 0.15) is 0 Å². The molecule has 0 aliphatic heterocycles. The molecule has 0 aromatic carbocycles. The van der Waals surface area contributed by atoms with E-state index < -0.39 is 29.2 Å². The molecule has 15 heavy (non-hydrogen) atoms. The van der Waals surface area contributed by atoms with Crippen molar-refractivity contribution in [2.24, 2.45) is 23.2 Å². The standard InChI is InChI=1S/C11H18O4/c1-6-4-5-7(9(12)13)8(10(14)15)11(6,2)3/h6-8H,4-5H2,1-3H3,(H,12,13)(H,14,15)/t6-,7-,8-/m1/s1. The summed E-state index contributed by atoms with van der Waals surface area (Å²) in [6, 6.07) is 0. The monoisotopic (exact) mass is 214 g/mol. The van der Waals surface area contributed by atoms with Crippen molar-refractivity contribution < 1.29 is 19.8 Å². The normalized spacial score (nSPS) is 34.7. The maximum atomic E-state index is 11.2.